The van der Waals surface area contributed by atoms with Crippen molar-refractivity contribution in [3.8, 4) is 0 Å². The molecule has 0 N–H and O–H groups in total. The van der Waals surface area contributed by atoms with E-state index >= 15 is 0 Å². The van der Waals surface area contributed by atoms with Gasteiger partial charge < -0.3 is 18.9 Å². The quantitative estimate of drug-likeness (QED) is 0.460. The van der Waals surface area contributed by atoms with Crippen LogP contribution in [-0.2, 0) is 23.7 Å². The van der Waals surface area contributed by atoms with Crippen LogP contribution in [0.5, 0.6) is 0 Å². The highest BCUT2D eigenvalue weighted by molar-refractivity contribution is 5.65. The van der Waals surface area contributed by atoms with E-state index < -0.39 is 0 Å². The first-order chi connectivity index (χ1) is 8.18. The van der Waals surface area contributed by atoms with Gasteiger partial charge in [0.1, 0.15) is 6.61 Å². The van der Waals surface area contributed by atoms with Crippen molar-refractivity contribution in [3.05, 3.63) is 0 Å². The second-order valence-electron chi connectivity index (χ2n) is 2.93. The number of rotatable bonds is 9. The number of hydrogen-bond acceptors (Lipinski definition) is 5. The lowest BCUT2D eigenvalue weighted by atomic mass is 10.7. The van der Waals surface area contributed by atoms with Crippen LogP contribution >= 0.6 is 0 Å². The van der Waals surface area contributed by atoms with Gasteiger partial charge in [-0.05, 0) is 20.8 Å². The number of ether oxygens (including phenoxy) is 4. The van der Waals surface area contributed by atoms with Gasteiger partial charge in [0.2, 0.25) is 0 Å². The molecule has 0 aliphatic carbocycles. The Bertz CT molecular complexity index is 148. The Hall–Kier alpha value is -0.650. The molecule has 0 saturated heterocycles. The summed E-state index contributed by atoms with van der Waals surface area (Å²) in [4.78, 5) is 10.3. The Labute approximate surface area is 104 Å². The minimum absolute atomic E-state index is 0.275. The van der Waals surface area contributed by atoms with E-state index in [0.29, 0.717) is 33.0 Å². The summed E-state index contributed by atoms with van der Waals surface area (Å²) in [5, 5.41) is 0. The van der Waals surface area contributed by atoms with E-state index in [1.165, 1.54) is 6.92 Å². The number of esters is 1. The Morgan fingerprint density at radius 3 is 1.65 bits per heavy atom. The van der Waals surface area contributed by atoms with E-state index in [4.69, 9.17) is 14.2 Å². The Kier molecular flexibility index (Phi) is 19.5. The molecule has 0 saturated carbocycles. The molecule has 104 valence electrons. The summed E-state index contributed by atoms with van der Waals surface area (Å²) in [5.41, 5.74) is 0. The molecule has 0 bridgehead atoms. The van der Waals surface area contributed by atoms with Crippen LogP contribution in [-0.4, -0.2) is 52.2 Å². The molecule has 17 heavy (non-hydrogen) atoms. The minimum Gasteiger partial charge on any atom is -0.463 e. The van der Waals surface area contributed by atoms with Crippen LogP contribution < -0.4 is 0 Å². The Balaban J connectivity index is 0. The van der Waals surface area contributed by atoms with Crippen LogP contribution in [0.3, 0.4) is 0 Å². The van der Waals surface area contributed by atoms with Crippen molar-refractivity contribution in [1.29, 1.82) is 0 Å². The zero-order valence-corrected chi connectivity index (χ0v) is 11.5. The lowest BCUT2D eigenvalue weighted by molar-refractivity contribution is -0.142. The zero-order chi connectivity index (χ0) is 13.4. The Morgan fingerprint density at radius 2 is 1.24 bits per heavy atom. The SMILES string of the molecule is CCOCC.CCOCCOCCOC(C)=O. The van der Waals surface area contributed by atoms with Crippen molar-refractivity contribution in [1.82, 2.24) is 0 Å². The van der Waals surface area contributed by atoms with Crippen molar-refractivity contribution >= 4 is 5.97 Å². The molecular weight excluding hydrogens is 224 g/mol. The van der Waals surface area contributed by atoms with Crippen molar-refractivity contribution in [2.45, 2.75) is 27.7 Å². The third kappa shape index (κ3) is 25.5. The molecule has 0 aromatic heterocycles. The molecule has 0 spiro atoms. The second-order valence-corrected chi connectivity index (χ2v) is 2.93. The van der Waals surface area contributed by atoms with Gasteiger partial charge in [0, 0.05) is 26.7 Å². The maximum atomic E-state index is 10.3. The van der Waals surface area contributed by atoms with Crippen molar-refractivity contribution in [2.75, 3.05) is 46.2 Å². The predicted molar refractivity (Wildman–Crippen MR) is 66.1 cm³/mol. The summed E-state index contributed by atoms with van der Waals surface area (Å²) >= 11 is 0. The van der Waals surface area contributed by atoms with Crippen LogP contribution in [0.1, 0.15) is 27.7 Å². The van der Waals surface area contributed by atoms with Gasteiger partial charge in [-0.25, -0.2) is 0 Å². The fraction of sp³-hybridized carbons (Fsp3) is 0.917. The molecule has 5 heteroatoms. The fourth-order valence-electron chi connectivity index (χ4n) is 0.813. The molecule has 0 aliphatic rings. The van der Waals surface area contributed by atoms with Gasteiger partial charge in [-0.1, -0.05) is 0 Å². The molecule has 0 atom stereocenters. The maximum absolute atomic E-state index is 10.3. The predicted octanol–water partition coefficient (Wildman–Crippen LogP) is 1.65. The van der Waals surface area contributed by atoms with Crippen LogP contribution in [0.15, 0.2) is 0 Å². The molecule has 0 aromatic rings. The van der Waals surface area contributed by atoms with Gasteiger partial charge in [0.25, 0.3) is 0 Å². The first kappa shape index (κ1) is 18.7. The normalized spacial score (nSPS) is 9.41. The molecule has 0 radical (unpaired) electrons. The monoisotopic (exact) mass is 250 g/mol. The highest BCUT2D eigenvalue weighted by Gasteiger charge is 1.92. The largest absolute Gasteiger partial charge is 0.463 e. The van der Waals surface area contributed by atoms with E-state index in [9.17, 15) is 4.79 Å². The molecule has 0 heterocycles. The zero-order valence-electron chi connectivity index (χ0n) is 11.5. The third-order valence-corrected chi connectivity index (χ3v) is 1.52. The average molecular weight is 250 g/mol. The first-order valence-corrected chi connectivity index (χ1v) is 6.05. The summed E-state index contributed by atoms with van der Waals surface area (Å²) in [6.45, 7) is 11.6. The van der Waals surface area contributed by atoms with Gasteiger partial charge in [-0.2, -0.15) is 0 Å². The summed E-state index contributed by atoms with van der Waals surface area (Å²) in [6.07, 6.45) is 0. The number of hydrogen-bond donors (Lipinski definition) is 0. The molecule has 0 rings (SSSR count). The molecule has 5 nitrogen and oxygen atoms in total. The van der Waals surface area contributed by atoms with E-state index in [-0.39, 0.29) is 5.97 Å². The van der Waals surface area contributed by atoms with Crippen LogP contribution in [0.4, 0.5) is 0 Å². The highest BCUT2D eigenvalue weighted by Crippen LogP contribution is 1.80. The van der Waals surface area contributed by atoms with Crippen LogP contribution in [0.25, 0.3) is 0 Å². The smallest absolute Gasteiger partial charge is 0.302 e. The van der Waals surface area contributed by atoms with Gasteiger partial charge in [0.15, 0.2) is 0 Å². The van der Waals surface area contributed by atoms with E-state index in [0.717, 1.165) is 13.2 Å². The topological polar surface area (TPSA) is 54.0 Å². The van der Waals surface area contributed by atoms with Gasteiger partial charge >= 0.3 is 5.97 Å². The molecule has 0 aromatic carbocycles. The summed E-state index contributed by atoms with van der Waals surface area (Å²) < 4.78 is 19.6. The molecular formula is C12H26O5. The standard InChI is InChI=1S/C8H16O4.C4H10O/c1-3-10-4-5-11-6-7-12-8(2)9;1-3-5-4-2/h3-7H2,1-2H3;3-4H2,1-2H3. The summed E-state index contributed by atoms with van der Waals surface area (Å²) in [5.74, 6) is -0.275. The lowest BCUT2D eigenvalue weighted by Crippen LogP contribution is -2.10. The molecule has 0 amide bonds. The minimum atomic E-state index is -0.275. The maximum Gasteiger partial charge on any atom is 0.302 e. The van der Waals surface area contributed by atoms with Gasteiger partial charge in [-0.3, -0.25) is 4.79 Å². The molecule has 0 unspecified atom stereocenters. The Morgan fingerprint density at radius 1 is 0.765 bits per heavy atom. The van der Waals surface area contributed by atoms with Crippen LogP contribution in [0.2, 0.25) is 0 Å². The van der Waals surface area contributed by atoms with Gasteiger partial charge in [-0.15, -0.1) is 0 Å². The van der Waals surface area contributed by atoms with E-state index in [1.54, 1.807) is 0 Å². The number of carbonyl (C=O) groups excluding carboxylic acids is 1. The van der Waals surface area contributed by atoms with Crippen molar-refractivity contribution in [3.63, 3.8) is 0 Å². The van der Waals surface area contributed by atoms with Crippen molar-refractivity contribution < 1.29 is 23.7 Å². The lowest BCUT2D eigenvalue weighted by Gasteiger charge is -2.03. The second kappa shape index (κ2) is 17.7. The average Bonchev–Trinajstić information content (AvgIpc) is 2.29. The van der Waals surface area contributed by atoms with E-state index in [1.807, 2.05) is 20.8 Å². The summed E-state index contributed by atoms with van der Waals surface area (Å²) in [7, 11) is 0. The molecule has 0 fully saturated rings. The van der Waals surface area contributed by atoms with Crippen molar-refractivity contribution in [2.24, 2.45) is 0 Å². The third-order valence-electron chi connectivity index (χ3n) is 1.52. The van der Waals surface area contributed by atoms with Gasteiger partial charge in [0.05, 0.1) is 19.8 Å². The van der Waals surface area contributed by atoms with E-state index in [2.05, 4.69) is 4.74 Å². The highest BCUT2D eigenvalue weighted by atomic mass is 16.6. The number of carbonyl (C=O) groups is 1. The fourth-order valence-corrected chi connectivity index (χ4v) is 0.813. The summed E-state index contributed by atoms with van der Waals surface area (Å²) in [6, 6.07) is 0. The first-order valence-electron chi connectivity index (χ1n) is 6.05. The molecule has 0 aliphatic heterocycles. The van der Waals surface area contributed by atoms with Crippen LogP contribution in [0, 0.1) is 0 Å².